The van der Waals surface area contributed by atoms with Gasteiger partial charge >= 0.3 is 0 Å². The zero-order valence-corrected chi connectivity index (χ0v) is 24.2. The summed E-state index contributed by atoms with van der Waals surface area (Å²) in [5.74, 6) is 0. The molecule has 0 unspecified atom stereocenters. The fourth-order valence-corrected chi connectivity index (χ4v) is 4.56. The maximum Gasteiger partial charge on any atom is 0.0606 e. The zero-order valence-electron chi connectivity index (χ0n) is 22.4. The van der Waals surface area contributed by atoms with Crippen LogP contribution in [-0.2, 0) is 6.42 Å². The highest BCUT2D eigenvalue weighted by atomic mass is 35.5. The van der Waals surface area contributed by atoms with E-state index in [1.54, 1.807) is 0 Å². The van der Waals surface area contributed by atoms with Crippen molar-refractivity contribution in [2.24, 2.45) is 0 Å². The molecule has 0 amide bonds. The Hall–Kier alpha value is -2.75. The summed E-state index contributed by atoms with van der Waals surface area (Å²) in [5.41, 5.74) is 11.1. The van der Waals surface area contributed by atoms with Gasteiger partial charge < -0.3 is 4.90 Å². The van der Waals surface area contributed by atoms with Crippen molar-refractivity contribution in [1.29, 1.82) is 0 Å². The van der Waals surface area contributed by atoms with Crippen LogP contribution in [0.3, 0.4) is 0 Å². The molecule has 1 aliphatic rings. The third-order valence-electron chi connectivity index (χ3n) is 6.45. The van der Waals surface area contributed by atoms with Crippen molar-refractivity contribution in [2.75, 3.05) is 4.90 Å². The average Bonchev–Trinajstić information content (AvgIpc) is 3.27. The van der Waals surface area contributed by atoms with Gasteiger partial charge in [0.2, 0.25) is 0 Å². The van der Waals surface area contributed by atoms with Crippen LogP contribution in [0.25, 0.3) is 11.1 Å². The van der Waals surface area contributed by atoms with Gasteiger partial charge in [-0.1, -0.05) is 128 Å². The minimum absolute atomic E-state index is 0. The van der Waals surface area contributed by atoms with Gasteiger partial charge in [0, 0.05) is 36.4 Å². The highest BCUT2D eigenvalue weighted by Crippen LogP contribution is 2.44. The van der Waals surface area contributed by atoms with E-state index < -0.39 is 0 Å². The molecule has 0 N–H and O–H groups in total. The highest BCUT2D eigenvalue weighted by molar-refractivity contribution is 6.55. The summed E-state index contributed by atoms with van der Waals surface area (Å²) in [6.45, 7) is 12.7. The summed E-state index contributed by atoms with van der Waals surface area (Å²) in [4.78, 5) is 2.35. The first-order valence-corrected chi connectivity index (χ1v) is 15.7. The molecular weight excluding hydrogens is 521 g/mol. The molecule has 4 aromatic carbocycles. The van der Waals surface area contributed by atoms with Crippen LogP contribution in [0.2, 0.25) is 31.0 Å². The number of anilines is 3. The fourth-order valence-electron chi connectivity index (χ4n) is 4.27. The maximum atomic E-state index is 6.52. The van der Waals surface area contributed by atoms with E-state index in [0.29, 0.717) is 0 Å². The minimum atomic E-state index is 0. The molecule has 40 heavy (non-hydrogen) atoms. The van der Waals surface area contributed by atoms with Crippen LogP contribution in [0, 0.1) is 13.8 Å². The van der Waals surface area contributed by atoms with E-state index in [4.69, 9.17) is 11.6 Å². The number of nitrogens with zero attached hydrogens (tertiary/aromatic N) is 1. The fraction of sp³-hybridized carbons (Fsp3) is 0.333. The van der Waals surface area contributed by atoms with E-state index in [1.807, 2.05) is 12.1 Å². The third-order valence-corrected chi connectivity index (χ3v) is 8.18. The molecule has 0 bridgehead atoms. The van der Waals surface area contributed by atoms with Crippen molar-refractivity contribution in [3.8, 4) is 11.1 Å². The predicted molar refractivity (Wildman–Crippen MR) is 190 cm³/mol. The van der Waals surface area contributed by atoms with Crippen molar-refractivity contribution < 1.29 is 0 Å². The first kappa shape index (κ1) is 39.4. The Morgan fingerprint density at radius 1 is 0.750 bits per heavy atom. The molecular formula is C36H52BClNSi. The lowest BCUT2D eigenvalue weighted by Crippen LogP contribution is -2.11. The first-order valence-electron chi connectivity index (χ1n) is 12.6. The van der Waals surface area contributed by atoms with Gasteiger partial charge in [-0.15, -0.1) is 0 Å². The highest BCUT2D eigenvalue weighted by Gasteiger charge is 2.23. The largest absolute Gasteiger partial charge is 0.310 e. The molecule has 0 saturated heterocycles. The summed E-state index contributed by atoms with van der Waals surface area (Å²) in [6.07, 6.45) is 0.925. The van der Waals surface area contributed by atoms with E-state index >= 15 is 0 Å². The predicted octanol–water partition coefficient (Wildman–Crippen LogP) is 12.5. The average molecular weight is 573 g/mol. The van der Waals surface area contributed by atoms with Crippen molar-refractivity contribution in [2.45, 2.75) is 82.9 Å². The van der Waals surface area contributed by atoms with Gasteiger partial charge in [0.15, 0.2) is 0 Å². The van der Waals surface area contributed by atoms with E-state index in [2.05, 4.69) is 119 Å². The second-order valence-electron chi connectivity index (χ2n) is 9.31. The number of hydrogen-bond donors (Lipinski definition) is 0. The third kappa shape index (κ3) is 9.14. The lowest BCUT2D eigenvalue weighted by Gasteiger charge is -2.27. The second-order valence-corrected chi connectivity index (χ2v) is 12.8. The Labute approximate surface area is 255 Å². The SMILES string of the molecule is C.C.C.C.CC[Si](C)C.Cc1ccc(N(c2ccc3c(c2)Cc2cccc(Cl)c2-3)c2ccccc2C)cc1.[B]C. The van der Waals surface area contributed by atoms with Gasteiger partial charge in [-0.25, -0.2) is 0 Å². The van der Waals surface area contributed by atoms with Crippen LogP contribution in [0.4, 0.5) is 17.1 Å². The van der Waals surface area contributed by atoms with E-state index in [0.717, 1.165) is 11.4 Å². The van der Waals surface area contributed by atoms with Crippen molar-refractivity contribution in [3.63, 3.8) is 0 Å². The molecule has 0 aromatic heterocycles. The van der Waals surface area contributed by atoms with Crippen molar-refractivity contribution in [1.82, 2.24) is 0 Å². The quantitative estimate of drug-likeness (QED) is 0.194. The van der Waals surface area contributed by atoms with Crippen molar-refractivity contribution >= 4 is 45.3 Å². The molecule has 1 nitrogen and oxygen atoms in total. The molecule has 3 radical (unpaired) electrons. The summed E-state index contributed by atoms with van der Waals surface area (Å²) in [6, 6.07) is 31.6. The second kappa shape index (κ2) is 18.6. The van der Waals surface area contributed by atoms with Gasteiger partial charge in [-0.3, -0.25) is 0 Å². The molecule has 5 rings (SSSR count). The van der Waals surface area contributed by atoms with Crippen LogP contribution in [0.5, 0.6) is 0 Å². The Balaban J connectivity index is 0. The number of rotatable bonds is 4. The number of halogens is 1. The molecule has 4 aromatic rings. The number of hydrogen-bond acceptors (Lipinski definition) is 1. The van der Waals surface area contributed by atoms with E-state index in [1.165, 1.54) is 63.3 Å². The Bertz CT molecular complexity index is 1280. The van der Waals surface area contributed by atoms with Gasteiger partial charge in [-0.05, 0) is 78.9 Å². The molecule has 0 spiro atoms. The van der Waals surface area contributed by atoms with Crippen LogP contribution < -0.4 is 4.90 Å². The standard InChI is InChI=1S/C27H22ClN.C4H11Si.CH3B.4CH4/c1-18-10-12-22(13-11-18)29(26-9-4-3-6-19(26)2)23-14-15-24-21(17-23)16-20-7-5-8-25(28)27(20)24;1-4-5(2)3;1-2;;;;/h3-15,17H,16H2,1-2H3;4H2,1-3H3;1H3;4*1H4. The number of benzene rings is 4. The molecule has 215 valence electrons. The molecule has 0 fully saturated rings. The normalized spacial score (nSPS) is 9.90. The smallest absolute Gasteiger partial charge is 0.0606 e. The maximum absolute atomic E-state index is 6.52. The van der Waals surface area contributed by atoms with Gasteiger partial charge in [-0.2, -0.15) is 0 Å². The lowest BCUT2D eigenvalue weighted by atomic mass is 10.0. The van der Waals surface area contributed by atoms with Crippen LogP contribution in [-0.4, -0.2) is 16.6 Å². The lowest BCUT2D eigenvalue weighted by molar-refractivity contribution is 1.22. The summed E-state index contributed by atoms with van der Waals surface area (Å²) < 4.78 is 0. The Morgan fingerprint density at radius 3 is 1.90 bits per heavy atom. The summed E-state index contributed by atoms with van der Waals surface area (Å²) in [7, 11) is 4.63. The van der Waals surface area contributed by atoms with Crippen LogP contribution >= 0.6 is 11.6 Å². The van der Waals surface area contributed by atoms with Crippen LogP contribution in [0.15, 0.2) is 84.9 Å². The number of aryl methyl sites for hydroxylation is 2. The monoisotopic (exact) mass is 572 g/mol. The first-order chi connectivity index (χ1) is 17.4. The van der Waals surface area contributed by atoms with E-state index in [-0.39, 0.29) is 38.5 Å². The van der Waals surface area contributed by atoms with Gasteiger partial charge in [0.1, 0.15) is 0 Å². The van der Waals surface area contributed by atoms with Gasteiger partial charge in [0.25, 0.3) is 0 Å². The topological polar surface area (TPSA) is 3.24 Å². The van der Waals surface area contributed by atoms with Crippen LogP contribution in [0.1, 0.15) is 58.9 Å². The number of para-hydroxylation sites is 1. The zero-order chi connectivity index (χ0) is 26.2. The molecule has 4 heteroatoms. The Kier molecular flexibility index (Phi) is 18.3. The minimum Gasteiger partial charge on any atom is -0.310 e. The Morgan fingerprint density at radius 2 is 1.32 bits per heavy atom. The molecule has 1 aliphatic carbocycles. The van der Waals surface area contributed by atoms with Gasteiger partial charge in [0.05, 0.1) is 7.85 Å². The summed E-state index contributed by atoms with van der Waals surface area (Å²) >= 11 is 6.52. The molecule has 0 aliphatic heterocycles. The van der Waals surface area contributed by atoms with E-state index in [9.17, 15) is 0 Å². The molecule has 0 heterocycles. The number of fused-ring (bicyclic) bond motifs is 3. The van der Waals surface area contributed by atoms with Crippen molar-refractivity contribution in [3.05, 3.63) is 112 Å². The summed E-state index contributed by atoms with van der Waals surface area (Å²) in [5, 5.41) is 0.836. The molecule has 0 atom stereocenters. The molecule has 0 saturated carbocycles.